The Bertz CT molecular complexity index is 2030. The molecule has 0 spiro atoms. The van der Waals surface area contributed by atoms with Crippen LogP contribution in [0.4, 0.5) is 0 Å². The Labute approximate surface area is 301 Å². The predicted molar refractivity (Wildman–Crippen MR) is 197 cm³/mol. The Balaban J connectivity index is 0.000000186. The summed E-state index contributed by atoms with van der Waals surface area (Å²) in [5.41, 5.74) is 14.7. The summed E-state index contributed by atoms with van der Waals surface area (Å²) in [6.45, 7) is 18.0. The molecule has 1 aliphatic rings. The molecule has 4 aromatic carbocycles. The molecular formula is C45H44IrN2-2. The minimum absolute atomic E-state index is 0. The Morgan fingerprint density at radius 3 is 1.92 bits per heavy atom. The molecule has 48 heavy (non-hydrogen) atoms. The average Bonchev–Trinajstić information content (AvgIpc) is 3.31. The van der Waals surface area contributed by atoms with Crippen LogP contribution in [0.25, 0.3) is 44.8 Å². The average molecular weight is 805 g/mol. The van der Waals surface area contributed by atoms with E-state index in [2.05, 4.69) is 157 Å². The van der Waals surface area contributed by atoms with Crippen LogP contribution < -0.4 is 0 Å². The van der Waals surface area contributed by atoms with Gasteiger partial charge in [0.05, 0.1) is 0 Å². The van der Waals surface area contributed by atoms with Gasteiger partial charge in [0, 0.05) is 32.5 Å². The minimum atomic E-state index is -0.0432. The van der Waals surface area contributed by atoms with Gasteiger partial charge >= 0.3 is 0 Å². The Morgan fingerprint density at radius 2 is 1.19 bits per heavy atom. The third-order valence-corrected chi connectivity index (χ3v) is 9.21. The first-order valence-corrected chi connectivity index (χ1v) is 16.5. The van der Waals surface area contributed by atoms with Crippen LogP contribution in [0.15, 0.2) is 122 Å². The second kappa shape index (κ2) is 13.7. The summed E-state index contributed by atoms with van der Waals surface area (Å²) in [5.74, 6) is 0. The van der Waals surface area contributed by atoms with Gasteiger partial charge in [-0.2, -0.15) is 0 Å². The molecule has 3 heteroatoms. The maximum Gasteiger partial charge on any atom is 0.0166 e. The second-order valence-electron chi connectivity index (χ2n) is 15.0. The summed E-state index contributed by atoms with van der Waals surface area (Å²) in [5, 5.41) is 0. The summed E-state index contributed by atoms with van der Waals surface area (Å²) in [7, 11) is 0. The molecule has 0 fully saturated rings. The number of hydrogen-bond donors (Lipinski definition) is 0. The van der Waals surface area contributed by atoms with Crippen molar-refractivity contribution < 1.29 is 20.1 Å². The number of benzene rings is 4. The van der Waals surface area contributed by atoms with E-state index in [1.54, 1.807) is 0 Å². The molecule has 0 N–H and O–H groups in total. The van der Waals surface area contributed by atoms with E-state index in [1.807, 2.05) is 36.7 Å². The fraction of sp³-hybridized carbons (Fsp3) is 0.244. The summed E-state index contributed by atoms with van der Waals surface area (Å²) in [4.78, 5) is 9.22. The summed E-state index contributed by atoms with van der Waals surface area (Å²) in [6.07, 6.45) is 3.80. The summed E-state index contributed by atoms with van der Waals surface area (Å²) in [6, 6.07) is 45.0. The zero-order chi connectivity index (χ0) is 33.4. The van der Waals surface area contributed by atoms with Crippen molar-refractivity contribution >= 4 is 0 Å². The molecule has 1 radical (unpaired) electrons. The molecule has 0 saturated heterocycles. The van der Waals surface area contributed by atoms with Gasteiger partial charge in [-0.3, -0.25) is 0 Å². The fourth-order valence-electron chi connectivity index (χ4n) is 6.47. The van der Waals surface area contributed by atoms with Gasteiger partial charge < -0.3 is 9.97 Å². The molecule has 1 aliphatic carbocycles. The van der Waals surface area contributed by atoms with Gasteiger partial charge in [-0.05, 0) is 67.6 Å². The van der Waals surface area contributed by atoms with Crippen molar-refractivity contribution in [2.45, 2.75) is 71.6 Å². The van der Waals surface area contributed by atoms with Gasteiger partial charge in [-0.1, -0.05) is 128 Å². The van der Waals surface area contributed by atoms with Crippen molar-refractivity contribution in [3.8, 4) is 44.8 Å². The van der Waals surface area contributed by atoms with Crippen LogP contribution in [0.5, 0.6) is 0 Å². The molecule has 0 atom stereocenters. The molecule has 2 aromatic heterocycles. The first-order chi connectivity index (χ1) is 22.3. The normalized spacial score (nSPS) is 13.0. The summed E-state index contributed by atoms with van der Waals surface area (Å²) >= 11 is 0. The third-order valence-electron chi connectivity index (χ3n) is 9.21. The Morgan fingerprint density at radius 1 is 0.562 bits per heavy atom. The van der Waals surface area contributed by atoms with E-state index in [-0.39, 0.29) is 36.4 Å². The molecule has 2 heterocycles. The number of hydrogen-bond acceptors (Lipinski definition) is 2. The van der Waals surface area contributed by atoms with E-state index in [0.29, 0.717) is 0 Å². The number of rotatable bonds is 3. The maximum atomic E-state index is 4.70. The van der Waals surface area contributed by atoms with Gasteiger partial charge in [0.15, 0.2) is 0 Å². The van der Waals surface area contributed by atoms with Crippen molar-refractivity contribution in [3.05, 3.63) is 156 Å². The minimum Gasteiger partial charge on any atom is -0.305 e. The molecule has 6 aromatic rings. The monoisotopic (exact) mass is 805 g/mol. The topological polar surface area (TPSA) is 25.8 Å². The second-order valence-corrected chi connectivity index (χ2v) is 15.0. The quantitative estimate of drug-likeness (QED) is 0.167. The van der Waals surface area contributed by atoms with Crippen LogP contribution in [0.2, 0.25) is 0 Å². The summed E-state index contributed by atoms with van der Waals surface area (Å²) < 4.78 is 0. The predicted octanol–water partition coefficient (Wildman–Crippen LogP) is 11.7. The zero-order valence-electron chi connectivity index (χ0n) is 29.3. The molecule has 0 unspecified atom stereocenters. The molecule has 245 valence electrons. The SMILES string of the molecule is CC(C)(C)c1cc[c-]c(-c2cc(-c3ccccc3)ccn2)c1.CC(C)(C)c1ccnc(-c2[c-]ccc3c2C(C)(C)c2ccccc2-3)c1.[Ir]. The fourth-order valence-corrected chi connectivity index (χ4v) is 6.47. The number of pyridine rings is 2. The molecular weight excluding hydrogens is 761 g/mol. The van der Waals surface area contributed by atoms with Gasteiger partial charge in [-0.15, -0.1) is 64.7 Å². The molecule has 7 rings (SSSR count). The van der Waals surface area contributed by atoms with Crippen molar-refractivity contribution in [2.24, 2.45) is 0 Å². The van der Waals surface area contributed by atoms with Crippen molar-refractivity contribution in [1.29, 1.82) is 0 Å². The van der Waals surface area contributed by atoms with Gasteiger partial charge in [0.25, 0.3) is 0 Å². The third kappa shape index (κ3) is 7.14. The largest absolute Gasteiger partial charge is 0.305 e. The van der Waals surface area contributed by atoms with Crippen molar-refractivity contribution in [1.82, 2.24) is 9.97 Å². The van der Waals surface area contributed by atoms with E-state index < -0.39 is 0 Å². The van der Waals surface area contributed by atoms with Crippen molar-refractivity contribution in [2.75, 3.05) is 0 Å². The molecule has 2 nitrogen and oxygen atoms in total. The van der Waals surface area contributed by atoms with Crippen LogP contribution in [0.3, 0.4) is 0 Å². The number of nitrogens with zero attached hydrogens (tertiary/aromatic N) is 2. The number of fused-ring (bicyclic) bond motifs is 3. The number of aromatic nitrogens is 2. The molecule has 0 amide bonds. The Kier molecular flexibility index (Phi) is 10.1. The van der Waals surface area contributed by atoms with E-state index in [9.17, 15) is 0 Å². The van der Waals surface area contributed by atoms with E-state index in [0.717, 1.165) is 22.5 Å². The van der Waals surface area contributed by atoms with E-state index >= 15 is 0 Å². The first-order valence-electron chi connectivity index (χ1n) is 16.5. The molecule has 0 bridgehead atoms. The van der Waals surface area contributed by atoms with Crippen LogP contribution in [-0.4, -0.2) is 9.97 Å². The Hall–Kier alpha value is -4.17. The van der Waals surface area contributed by atoms with Crippen molar-refractivity contribution in [3.63, 3.8) is 0 Å². The van der Waals surface area contributed by atoms with Crippen LogP contribution in [-0.2, 0) is 36.4 Å². The van der Waals surface area contributed by atoms with E-state index in [1.165, 1.54) is 44.5 Å². The smallest absolute Gasteiger partial charge is 0.0166 e. The molecule has 0 aliphatic heterocycles. The first kappa shape index (κ1) is 35.1. The van der Waals surface area contributed by atoms with Gasteiger partial charge in [0.2, 0.25) is 0 Å². The van der Waals surface area contributed by atoms with E-state index in [4.69, 9.17) is 4.98 Å². The standard InChI is InChI=1S/C24H24N.C21H20N.Ir/c1-23(2,3)16-13-14-25-21(15-16)19-11-8-10-18-17-9-6-7-12-20(17)24(4,5)22(18)19;1-21(2,3)19-11-7-10-18(14-19)20-15-17(12-13-22-20)16-8-5-4-6-9-16;/h6-10,12-15H,1-5H3;4-9,11-15H,1-3H3;/q2*-1;. The van der Waals surface area contributed by atoms with Crippen LogP contribution in [0.1, 0.15) is 77.6 Å². The van der Waals surface area contributed by atoms with Gasteiger partial charge in [0.1, 0.15) is 0 Å². The van der Waals surface area contributed by atoms with Crippen LogP contribution >= 0.6 is 0 Å². The van der Waals surface area contributed by atoms with Crippen LogP contribution in [0, 0.1) is 12.1 Å². The maximum absolute atomic E-state index is 4.70. The van der Waals surface area contributed by atoms with Gasteiger partial charge in [-0.25, -0.2) is 0 Å². The molecule has 0 saturated carbocycles. The zero-order valence-corrected chi connectivity index (χ0v) is 31.7.